The zero-order valence-corrected chi connectivity index (χ0v) is 13.4. The molecule has 1 unspecified atom stereocenters. The van der Waals surface area contributed by atoms with Crippen molar-refractivity contribution in [1.29, 1.82) is 0 Å². The Balaban J connectivity index is 1.58. The zero-order valence-electron chi connectivity index (χ0n) is 13.4. The Hall–Kier alpha value is -1.88. The van der Waals surface area contributed by atoms with E-state index >= 15 is 0 Å². The lowest BCUT2D eigenvalue weighted by Crippen LogP contribution is -2.38. The second-order valence-corrected chi connectivity index (χ2v) is 6.11. The van der Waals surface area contributed by atoms with Crippen LogP contribution >= 0.6 is 0 Å². The molecule has 1 fully saturated rings. The van der Waals surface area contributed by atoms with Gasteiger partial charge >= 0.3 is 0 Å². The molecule has 0 bridgehead atoms. The maximum atomic E-state index is 5.37. The van der Waals surface area contributed by atoms with Crippen LogP contribution < -0.4 is 4.90 Å². The number of anilines is 1. The van der Waals surface area contributed by atoms with Crippen molar-refractivity contribution in [3.63, 3.8) is 0 Å². The van der Waals surface area contributed by atoms with Crippen molar-refractivity contribution < 1.29 is 4.52 Å². The van der Waals surface area contributed by atoms with Crippen LogP contribution in [0.3, 0.4) is 0 Å². The lowest BCUT2D eigenvalue weighted by Gasteiger charge is -2.33. The molecule has 0 saturated carbocycles. The van der Waals surface area contributed by atoms with Gasteiger partial charge in [-0.3, -0.25) is 0 Å². The summed E-state index contributed by atoms with van der Waals surface area (Å²) in [5.74, 6) is 1.24. The molecule has 5 nitrogen and oxygen atoms in total. The fourth-order valence-corrected chi connectivity index (χ4v) is 3.02. The third-order valence-corrected chi connectivity index (χ3v) is 4.50. The molecule has 0 N–H and O–H groups in total. The van der Waals surface area contributed by atoms with Crippen LogP contribution in [0.15, 0.2) is 34.9 Å². The molecule has 3 rings (SSSR count). The Morgan fingerprint density at radius 2 is 2.09 bits per heavy atom. The maximum absolute atomic E-state index is 5.37. The van der Waals surface area contributed by atoms with Crippen molar-refractivity contribution in [2.75, 3.05) is 32.1 Å². The van der Waals surface area contributed by atoms with E-state index in [0.717, 1.165) is 18.5 Å². The van der Waals surface area contributed by atoms with Crippen LogP contribution in [0.2, 0.25) is 0 Å². The maximum Gasteiger partial charge on any atom is 0.266 e. The standard InChI is InChI=1S/C17H24N4O/c1-20-12-7-6-10-15(20)11-13-21(2)17-18-16(22-19-17)14-8-4-3-5-9-14/h3-5,8-9,15H,6-7,10-13H2,1-2H3. The van der Waals surface area contributed by atoms with Gasteiger partial charge in [0.25, 0.3) is 11.8 Å². The van der Waals surface area contributed by atoms with Crippen LogP contribution in [0, 0.1) is 0 Å². The molecule has 22 heavy (non-hydrogen) atoms. The lowest BCUT2D eigenvalue weighted by atomic mass is 10.00. The van der Waals surface area contributed by atoms with E-state index in [1.165, 1.54) is 25.8 Å². The molecule has 0 amide bonds. The summed E-state index contributed by atoms with van der Waals surface area (Å²) in [6.45, 7) is 2.16. The molecular weight excluding hydrogens is 276 g/mol. The van der Waals surface area contributed by atoms with E-state index in [2.05, 4.69) is 27.0 Å². The predicted molar refractivity (Wildman–Crippen MR) is 87.9 cm³/mol. The van der Waals surface area contributed by atoms with Crippen molar-refractivity contribution in [3.05, 3.63) is 30.3 Å². The van der Waals surface area contributed by atoms with Crippen molar-refractivity contribution in [1.82, 2.24) is 15.0 Å². The molecule has 0 spiro atoms. The zero-order chi connectivity index (χ0) is 15.4. The first-order valence-corrected chi connectivity index (χ1v) is 8.04. The van der Waals surface area contributed by atoms with Gasteiger partial charge in [0.2, 0.25) is 0 Å². The third kappa shape index (κ3) is 3.47. The van der Waals surface area contributed by atoms with Crippen LogP contribution in [0.1, 0.15) is 25.7 Å². The van der Waals surface area contributed by atoms with E-state index in [1.54, 1.807) is 0 Å². The fourth-order valence-electron chi connectivity index (χ4n) is 3.02. The van der Waals surface area contributed by atoms with Crippen LogP contribution in [-0.2, 0) is 0 Å². The van der Waals surface area contributed by atoms with E-state index in [4.69, 9.17) is 4.52 Å². The highest BCUT2D eigenvalue weighted by molar-refractivity contribution is 5.53. The van der Waals surface area contributed by atoms with Gasteiger partial charge in [-0.05, 0) is 50.1 Å². The van der Waals surface area contributed by atoms with Gasteiger partial charge in [0.15, 0.2) is 0 Å². The van der Waals surface area contributed by atoms with Gasteiger partial charge in [0.1, 0.15) is 0 Å². The highest BCUT2D eigenvalue weighted by Gasteiger charge is 2.20. The monoisotopic (exact) mass is 300 g/mol. The number of rotatable bonds is 5. The van der Waals surface area contributed by atoms with E-state index in [-0.39, 0.29) is 0 Å². The van der Waals surface area contributed by atoms with E-state index in [1.807, 2.05) is 37.4 Å². The summed E-state index contributed by atoms with van der Waals surface area (Å²) in [5.41, 5.74) is 0.960. The average molecular weight is 300 g/mol. The topological polar surface area (TPSA) is 45.4 Å². The quantitative estimate of drug-likeness (QED) is 0.849. The Morgan fingerprint density at radius 3 is 2.86 bits per heavy atom. The summed E-state index contributed by atoms with van der Waals surface area (Å²) < 4.78 is 5.37. The number of likely N-dealkylation sites (tertiary alicyclic amines) is 1. The molecule has 5 heteroatoms. The normalized spacial score (nSPS) is 19.3. The van der Waals surface area contributed by atoms with Crippen molar-refractivity contribution in [3.8, 4) is 11.5 Å². The van der Waals surface area contributed by atoms with Crippen LogP contribution in [-0.4, -0.2) is 48.3 Å². The third-order valence-electron chi connectivity index (χ3n) is 4.50. The van der Waals surface area contributed by atoms with E-state index in [9.17, 15) is 0 Å². The fraction of sp³-hybridized carbons (Fsp3) is 0.529. The smallest absolute Gasteiger partial charge is 0.266 e. The van der Waals surface area contributed by atoms with Gasteiger partial charge in [-0.25, -0.2) is 0 Å². The van der Waals surface area contributed by atoms with Crippen LogP contribution in [0.25, 0.3) is 11.5 Å². The molecule has 1 saturated heterocycles. The minimum absolute atomic E-state index is 0.581. The van der Waals surface area contributed by atoms with Gasteiger partial charge in [0.05, 0.1) is 0 Å². The summed E-state index contributed by atoms with van der Waals surface area (Å²) in [4.78, 5) is 9.05. The molecular formula is C17H24N4O. The first kappa shape index (κ1) is 15.0. The Labute approximate surface area is 131 Å². The molecule has 1 atom stereocenters. The number of hydrogen-bond acceptors (Lipinski definition) is 5. The minimum atomic E-state index is 0.581. The van der Waals surface area contributed by atoms with Crippen molar-refractivity contribution in [2.45, 2.75) is 31.7 Å². The Kier molecular flexibility index (Phi) is 4.73. The molecule has 1 aliphatic heterocycles. The molecule has 2 heterocycles. The van der Waals surface area contributed by atoms with E-state index in [0.29, 0.717) is 17.9 Å². The highest BCUT2D eigenvalue weighted by atomic mass is 16.5. The van der Waals surface area contributed by atoms with Crippen LogP contribution in [0.4, 0.5) is 5.95 Å². The number of benzene rings is 1. The summed E-state index contributed by atoms with van der Waals surface area (Å²) in [7, 11) is 4.26. The summed E-state index contributed by atoms with van der Waals surface area (Å²) >= 11 is 0. The molecule has 2 aromatic rings. The van der Waals surface area contributed by atoms with Crippen molar-refractivity contribution >= 4 is 5.95 Å². The average Bonchev–Trinajstić information content (AvgIpc) is 3.05. The van der Waals surface area contributed by atoms with Crippen molar-refractivity contribution in [2.24, 2.45) is 0 Å². The number of aromatic nitrogens is 2. The predicted octanol–water partition coefficient (Wildman–Crippen LogP) is 3.05. The van der Waals surface area contributed by atoms with Gasteiger partial charge in [0, 0.05) is 25.2 Å². The molecule has 1 aliphatic rings. The molecule has 0 aliphatic carbocycles. The van der Waals surface area contributed by atoms with Gasteiger partial charge < -0.3 is 14.3 Å². The van der Waals surface area contributed by atoms with Crippen LogP contribution in [0.5, 0.6) is 0 Å². The minimum Gasteiger partial charge on any atom is -0.341 e. The lowest BCUT2D eigenvalue weighted by molar-refractivity contribution is 0.178. The largest absolute Gasteiger partial charge is 0.341 e. The van der Waals surface area contributed by atoms with Gasteiger partial charge in [-0.1, -0.05) is 24.6 Å². The Bertz CT molecular complexity index is 583. The SMILES string of the molecule is CN(CCC1CCCCN1C)c1noc(-c2ccccc2)n1. The first-order chi connectivity index (χ1) is 10.7. The number of nitrogens with zero attached hydrogens (tertiary/aromatic N) is 4. The first-order valence-electron chi connectivity index (χ1n) is 8.04. The van der Waals surface area contributed by atoms with E-state index < -0.39 is 0 Å². The Morgan fingerprint density at radius 1 is 1.27 bits per heavy atom. The molecule has 1 aromatic carbocycles. The second kappa shape index (κ2) is 6.92. The molecule has 1 aromatic heterocycles. The number of piperidine rings is 1. The summed E-state index contributed by atoms with van der Waals surface area (Å²) in [6, 6.07) is 10.6. The number of hydrogen-bond donors (Lipinski definition) is 0. The summed E-state index contributed by atoms with van der Waals surface area (Å²) in [6.07, 6.45) is 5.11. The second-order valence-electron chi connectivity index (χ2n) is 6.11. The highest BCUT2D eigenvalue weighted by Crippen LogP contribution is 2.21. The summed E-state index contributed by atoms with van der Waals surface area (Å²) in [5, 5.41) is 4.10. The van der Waals surface area contributed by atoms with Gasteiger partial charge in [-0.15, -0.1) is 0 Å². The molecule has 118 valence electrons. The van der Waals surface area contributed by atoms with Gasteiger partial charge in [-0.2, -0.15) is 4.98 Å². The molecule has 0 radical (unpaired) electrons.